The van der Waals surface area contributed by atoms with Crippen molar-refractivity contribution in [3.05, 3.63) is 88.4 Å². The van der Waals surface area contributed by atoms with Crippen LogP contribution in [0.15, 0.2) is 82.2 Å². The average Bonchev–Trinajstić information content (AvgIpc) is 3.29. The number of fused-ring (bicyclic) bond motifs is 1. The lowest BCUT2D eigenvalue weighted by atomic mass is 10.1. The summed E-state index contributed by atoms with van der Waals surface area (Å²) in [4.78, 5) is 20.4. The Morgan fingerprint density at radius 1 is 0.921 bits per heavy atom. The molecular formula is C29H32BrN3O3S2. The second-order valence-corrected chi connectivity index (χ2v) is 14.0. The number of halogens is 1. The number of rotatable bonds is 10. The fraction of sp³-hybridized carbons (Fsp3) is 0.310. The highest BCUT2D eigenvalue weighted by Gasteiger charge is 2.27. The number of nitrogens with zero attached hydrogens (tertiary/aromatic N) is 3. The molecule has 0 aliphatic carbocycles. The fourth-order valence-corrected chi connectivity index (χ4v) is 7.44. The lowest BCUT2D eigenvalue weighted by molar-refractivity contribution is 0.0985. The van der Waals surface area contributed by atoms with E-state index in [2.05, 4.69) is 15.9 Å². The summed E-state index contributed by atoms with van der Waals surface area (Å²) in [6, 6.07) is 21.9. The first kappa shape index (κ1) is 28.4. The molecule has 0 saturated heterocycles. The molecule has 0 spiro atoms. The van der Waals surface area contributed by atoms with Gasteiger partial charge in [0.25, 0.3) is 5.91 Å². The molecule has 4 aromatic rings. The maximum Gasteiger partial charge on any atom is 0.260 e. The van der Waals surface area contributed by atoms with Crippen molar-refractivity contribution >= 4 is 58.5 Å². The van der Waals surface area contributed by atoms with Crippen LogP contribution in [0.3, 0.4) is 0 Å². The highest BCUT2D eigenvalue weighted by atomic mass is 79.9. The van der Waals surface area contributed by atoms with Gasteiger partial charge in [-0.05, 0) is 59.9 Å². The van der Waals surface area contributed by atoms with E-state index in [4.69, 9.17) is 4.98 Å². The molecule has 0 bridgehead atoms. The SMILES string of the molecule is CC(C)CN(CC(C)C)S(=O)(=O)c1ccc(C(=O)N(Cc2ccccc2)c2nc3ccc(Br)cc3s2)cc1. The van der Waals surface area contributed by atoms with Crippen molar-refractivity contribution in [3.63, 3.8) is 0 Å². The molecule has 9 heteroatoms. The van der Waals surface area contributed by atoms with Gasteiger partial charge < -0.3 is 0 Å². The number of anilines is 1. The van der Waals surface area contributed by atoms with E-state index in [9.17, 15) is 13.2 Å². The summed E-state index contributed by atoms with van der Waals surface area (Å²) in [5.74, 6) is 0.160. The van der Waals surface area contributed by atoms with Gasteiger partial charge in [-0.3, -0.25) is 9.69 Å². The maximum absolute atomic E-state index is 13.8. The minimum Gasteiger partial charge on any atom is -0.279 e. The van der Waals surface area contributed by atoms with Gasteiger partial charge in [0.2, 0.25) is 10.0 Å². The quantitative estimate of drug-likeness (QED) is 0.189. The minimum atomic E-state index is -3.68. The number of carbonyl (C=O) groups excluding carboxylic acids is 1. The third kappa shape index (κ3) is 6.69. The monoisotopic (exact) mass is 613 g/mol. The van der Waals surface area contributed by atoms with Crippen LogP contribution in [0.5, 0.6) is 0 Å². The van der Waals surface area contributed by atoms with E-state index in [0.717, 1.165) is 20.3 Å². The lowest BCUT2D eigenvalue weighted by Gasteiger charge is -2.26. The Balaban J connectivity index is 1.67. The van der Waals surface area contributed by atoms with Crippen LogP contribution >= 0.6 is 27.3 Å². The Labute approximate surface area is 237 Å². The van der Waals surface area contributed by atoms with Crippen molar-refractivity contribution in [1.29, 1.82) is 0 Å². The third-order valence-corrected chi connectivity index (χ3v) is 9.26. The molecule has 1 amide bonds. The summed E-state index contributed by atoms with van der Waals surface area (Å²) in [5, 5.41) is 0.587. The predicted molar refractivity (Wildman–Crippen MR) is 159 cm³/mol. The molecule has 0 atom stereocenters. The standard InChI is InChI=1S/C29H32BrN3O3S2/c1-20(2)17-32(18-21(3)4)38(35,36)25-13-10-23(11-14-25)28(34)33(19-22-8-6-5-7-9-22)29-31-26-15-12-24(30)16-27(26)37-29/h5-16,20-21H,17-19H2,1-4H3. The molecule has 0 unspecified atom stereocenters. The van der Waals surface area contributed by atoms with Gasteiger partial charge in [-0.2, -0.15) is 4.31 Å². The van der Waals surface area contributed by atoms with E-state index in [0.29, 0.717) is 30.3 Å². The second-order valence-electron chi connectivity index (χ2n) is 10.1. The van der Waals surface area contributed by atoms with Crippen LogP contribution in [0.1, 0.15) is 43.6 Å². The molecule has 0 aliphatic heterocycles. The largest absolute Gasteiger partial charge is 0.279 e. The molecule has 6 nitrogen and oxygen atoms in total. The van der Waals surface area contributed by atoms with E-state index in [1.165, 1.54) is 23.5 Å². The number of amides is 1. The van der Waals surface area contributed by atoms with Crippen LogP contribution in [-0.4, -0.2) is 36.7 Å². The first-order chi connectivity index (χ1) is 18.0. The van der Waals surface area contributed by atoms with Gasteiger partial charge in [0.1, 0.15) is 0 Å². The number of thiazole rings is 1. The zero-order chi connectivity index (χ0) is 27.4. The van der Waals surface area contributed by atoms with Crippen molar-refractivity contribution in [2.75, 3.05) is 18.0 Å². The normalized spacial score (nSPS) is 12.1. The van der Waals surface area contributed by atoms with Crippen LogP contribution in [0.2, 0.25) is 0 Å². The van der Waals surface area contributed by atoms with Gasteiger partial charge in [0.15, 0.2) is 5.13 Å². The van der Waals surface area contributed by atoms with Crippen molar-refractivity contribution in [2.24, 2.45) is 11.8 Å². The average molecular weight is 615 g/mol. The molecule has 0 aliphatic rings. The van der Waals surface area contributed by atoms with Crippen molar-refractivity contribution in [3.8, 4) is 0 Å². The first-order valence-corrected chi connectivity index (χ1v) is 15.6. The zero-order valence-corrected chi connectivity index (χ0v) is 25.2. The Bertz CT molecular complexity index is 1490. The summed E-state index contributed by atoms with van der Waals surface area (Å²) < 4.78 is 30.3. The van der Waals surface area contributed by atoms with E-state index in [1.807, 2.05) is 76.2 Å². The Morgan fingerprint density at radius 2 is 1.55 bits per heavy atom. The molecule has 0 radical (unpaired) electrons. The van der Waals surface area contributed by atoms with Crippen LogP contribution in [0.4, 0.5) is 5.13 Å². The predicted octanol–water partition coefficient (Wildman–Crippen LogP) is 7.21. The topological polar surface area (TPSA) is 70.6 Å². The van der Waals surface area contributed by atoms with E-state index >= 15 is 0 Å². The number of benzene rings is 3. The number of hydrogen-bond donors (Lipinski definition) is 0. The van der Waals surface area contributed by atoms with E-state index in [-0.39, 0.29) is 22.6 Å². The molecule has 4 rings (SSSR count). The van der Waals surface area contributed by atoms with Gasteiger partial charge in [0, 0.05) is 23.1 Å². The summed E-state index contributed by atoms with van der Waals surface area (Å²) in [5.41, 5.74) is 2.19. The molecule has 38 heavy (non-hydrogen) atoms. The maximum atomic E-state index is 13.8. The second kappa shape index (κ2) is 12.1. The van der Waals surface area contributed by atoms with Crippen LogP contribution in [-0.2, 0) is 16.6 Å². The number of carbonyl (C=O) groups is 1. The Hall–Kier alpha value is -2.59. The zero-order valence-electron chi connectivity index (χ0n) is 22.0. The molecule has 1 aromatic heterocycles. The van der Waals surface area contributed by atoms with Crippen LogP contribution in [0, 0.1) is 11.8 Å². The van der Waals surface area contributed by atoms with E-state index < -0.39 is 10.0 Å². The summed E-state index contributed by atoms with van der Waals surface area (Å²) in [6.07, 6.45) is 0. The summed E-state index contributed by atoms with van der Waals surface area (Å²) in [7, 11) is -3.68. The fourth-order valence-electron chi connectivity index (χ4n) is 4.15. The first-order valence-electron chi connectivity index (χ1n) is 12.6. The summed E-state index contributed by atoms with van der Waals surface area (Å²) in [6.45, 7) is 9.26. The highest BCUT2D eigenvalue weighted by Crippen LogP contribution is 2.33. The van der Waals surface area contributed by atoms with Gasteiger partial charge in [-0.1, -0.05) is 85.3 Å². The minimum absolute atomic E-state index is 0.190. The van der Waals surface area contributed by atoms with Gasteiger partial charge >= 0.3 is 0 Å². The van der Waals surface area contributed by atoms with Crippen LogP contribution in [0.25, 0.3) is 10.2 Å². The van der Waals surface area contributed by atoms with Crippen LogP contribution < -0.4 is 4.90 Å². The lowest BCUT2D eigenvalue weighted by Crippen LogP contribution is -2.37. The molecule has 1 heterocycles. The number of hydrogen-bond acceptors (Lipinski definition) is 5. The number of aromatic nitrogens is 1. The molecule has 0 N–H and O–H groups in total. The molecule has 0 fully saturated rings. The Morgan fingerprint density at radius 3 is 2.16 bits per heavy atom. The molecule has 0 saturated carbocycles. The summed E-state index contributed by atoms with van der Waals surface area (Å²) >= 11 is 4.95. The third-order valence-electron chi connectivity index (χ3n) is 5.88. The van der Waals surface area contributed by atoms with Crippen molar-refractivity contribution in [2.45, 2.75) is 39.1 Å². The van der Waals surface area contributed by atoms with Gasteiger partial charge in [-0.15, -0.1) is 0 Å². The van der Waals surface area contributed by atoms with Crippen molar-refractivity contribution < 1.29 is 13.2 Å². The van der Waals surface area contributed by atoms with E-state index in [1.54, 1.807) is 21.3 Å². The molecule has 200 valence electrons. The van der Waals surface area contributed by atoms with Gasteiger partial charge in [-0.25, -0.2) is 13.4 Å². The van der Waals surface area contributed by atoms with Gasteiger partial charge in [0.05, 0.1) is 21.7 Å². The molecule has 3 aromatic carbocycles. The highest BCUT2D eigenvalue weighted by molar-refractivity contribution is 9.10. The van der Waals surface area contributed by atoms with Crippen molar-refractivity contribution in [1.82, 2.24) is 9.29 Å². The number of sulfonamides is 1. The smallest absolute Gasteiger partial charge is 0.260 e. The molecular weight excluding hydrogens is 582 g/mol. The Kier molecular flexibility index (Phi) is 9.03.